The lowest BCUT2D eigenvalue weighted by Gasteiger charge is -2.10. The Labute approximate surface area is 172 Å². The van der Waals surface area contributed by atoms with E-state index < -0.39 is 10.8 Å². The number of amides is 2. The van der Waals surface area contributed by atoms with Crippen molar-refractivity contribution in [2.75, 3.05) is 14.1 Å². The fraction of sp³-hybridized carbons (Fsp3) is 0.200. The highest BCUT2D eigenvalue weighted by Crippen LogP contribution is 2.18. The fourth-order valence-corrected chi connectivity index (χ4v) is 2.81. The molecule has 0 bridgehead atoms. The van der Waals surface area contributed by atoms with Gasteiger partial charge in [-0.05, 0) is 30.7 Å². The van der Waals surface area contributed by atoms with E-state index in [1.165, 1.54) is 21.7 Å². The molecule has 0 aliphatic carbocycles. The molecule has 2 aromatic carbocycles. The smallest absolute Gasteiger partial charge is 0.274 e. The summed E-state index contributed by atoms with van der Waals surface area (Å²) < 4.78 is 1.38. The Balaban J connectivity index is 1.70. The Morgan fingerprint density at radius 2 is 1.87 bits per heavy atom. The van der Waals surface area contributed by atoms with E-state index in [-0.39, 0.29) is 23.8 Å². The number of aromatic nitrogens is 3. The van der Waals surface area contributed by atoms with Crippen molar-refractivity contribution in [3.63, 3.8) is 0 Å². The first-order chi connectivity index (χ1) is 14.3. The van der Waals surface area contributed by atoms with Crippen LogP contribution in [-0.2, 0) is 6.54 Å². The molecule has 3 aromatic rings. The molecule has 10 heteroatoms. The van der Waals surface area contributed by atoms with Gasteiger partial charge in [-0.2, -0.15) is 0 Å². The van der Waals surface area contributed by atoms with Crippen molar-refractivity contribution >= 4 is 17.5 Å². The Hall–Kier alpha value is -4.08. The number of benzene rings is 2. The molecule has 3 rings (SSSR count). The van der Waals surface area contributed by atoms with Gasteiger partial charge in [0.25, 0.3) is 17.5 Å². The van der Waals surface area contributed by atoms with Crippen LogP contribution in [0.4, 0.5) is 5.69 Å². The van der Waals surface area contributed by atoms with Crippen LogP contribution in [0.2, 0.25) is 0 Å². The highest BCUT2D eigenvalue weighted by atomic mass is 16.6. The van der Waals surface area contributed by atoms with Crippen LogP contribution in [0.3, 0.4) is 0 Å². The summed E-state index contributed by atoms with van der Waals surface area (Å²) in [5.41, 5.74) is 2.33. The number of hydrogen-bond acceptors (Lipinski definition) is 6. The molecule has 1 N–H and O–H groups in total. The second kappa shape index (κ2) is 8.52. The molecule has 0 spiro atoms. The van der Waals surface area contributed by atoms with Gasteiger partial charge in [-0.3, -0.25) is 19.7 Å². The summed E-state index contributed by atoms with van der Waals surface area (Å²) in [6.07, 6.45) is 0. The molecular formula is C20H20N6O4. The van der Waals surface area contributed by atoms with Crippen LogP contribution in [0.1, 0.15) is 32.1 Å². The number of carbonyl (C=O) groups excluding carboxylic acids is 2. The summed E-state index contributed by atoms with van der Waals surface area (Å²) in [5.74, 6) is -0.517. The predicted molar refractivity (Wildman–Crippen MR) is 108 cm³/mol. The standard InChI is InChI=1S/C20H20N6O4/c1-13-18(22-23-25(13)16-5-4-6-17(11-16)26(29)30)19(27)21-12-14-7-9-15(10-8-14)20(28)24(2)3/h4-11H,12H2,1-3H3,(H,21,27). The molecule has 0 fully saturated rings. The molecule has 0 radical (unpaired) electrons. The zero-order valence-electron chi connectivity index (χ0n) is 16.7. The van der Waals surface area contributed by atoms with Gasteiger partial charge in [-0.1, -0.05) is 23.4 Å². The van der Waals surface area contributed by atoms with Crippen LogP contribution in [0.25, 0.3) is 5.69 Å². The fourth-order valence-electron chi connectivity index (χ4n) is 2.81. The second-order valence-corrected chi connectivity index (χ2v) is 6.79. The van der Waals surface area contributed by atoms with E-state index in [4.69, 9.17) is 0 Å². The van der Waals surface area contributed by atoms with Gasteiger partial charge in [-0.15, -0.1) is 5.10 Å². The van der Waals surface area contributed by atoms with E-state index in [0.717, 1.165) is 5.56 Å². The van der Waals surface area contributed by atoms with Gasteiger partial charge in [0.05, 0.1) is 16.3 Å². The van der Waals surface area contributed by atoms with Crippen LogP contribution in [0.15, 0.2) is 48.5 Å². The number of rotatable bonds is 6. The third-order valence-corrected chi connectivity index (χ3v) is 4.45. The van der Waals surface area contributed by atoms with E-state index in [1.54, 1.807) is 57.4 Å². The molecule has 154 valence electrons. The maximum Gasteiger partial charge on any atom is 0.274 e. The quantitative estimate of drug-likeness (QED) is 0.492. The topological polar surface area (TPSA) is 123 Å². The molecule has 10 nitrogen and oxygen atoms in total. The summed E-state index contributed by atoms with van der Waals surface area (Å²) >= 11 is 0. The lowest BCUT2D eigenvalue weighted by Crippen LogP contribution is -2.24. The van der Waals surface area contributed by atoms with E-state index in [2.05, 4.69) is 15.6 Å². The number of nitrogens with one attached hydrogen (secondary N) is 1. The number of carbonyl (C=O) groups is 2. The zero-order valence-corrected chi connectivity index (χ0v) is 16.7. The molecule has 0 saturated carbocycles. The van der Waals surface area contributed by atoms with Crippen LogP contribution < -0.4 is 5.32 Å². The molecule has 1 aromatic heterocycles. The first-order valence-corrected chi connectivity index (χ1v) is 9.04. The molecule has 0 aliphatic heterocycles. The largest absolute Gasteiger partial charge is 0.347 e. The first kappa shape index (κ1) is 20.6. The number of nitrogens with zero attached hydrogens (tertiary/aromatic N) is 5. The minimum absolute atomic E-state index is 0.0791. The van der Waals surface area contributed by atoms with Crippen molar-refractivity contribution in [2.24, 2.45) is 0 Å². The summed E-state index contributed by atoms with van der Waals surface area (Å²) in [6, 6.07) is 12.9. The van der Waals surface area contributed by atoms with Crippen molar-refractivity contribution in [1.29, 1.82) is 0 Å². The first-order valence-electron chi connectivity index (χ1n) is 9.04. The molecule has 0 atom stereocenters. The maximum atomic E-state index is 12.5. The minimum Gasteiger partial charge on any atom is -0.347 e. The summed E-state index contributed by atoms with van der Waals surface area (Å²) in [4.78, 5) is 36.4. The summed E-state index contributed by atoms with van der Waals surface area (Å²) in [5, 5.41) is 21.6. The van der Waals surface area contributed by atoms with Gasteiger partial charge in [0.15, 0.2) is 5.69 Å². The van der Waals surface area contributed by atoms with Gasteiger partial charge in [0.1, 0.15) is 0 Å². The van der Waals surface area contributed by atoms with Crippen LogP contribution in [-0.4, -0.2) is 50.7 Å². The number of non-ortho nitro benzene ring substituents is 1. The Kier molecular flexibility index (Phi) is 5.86. The lowest BCUT2D eigenvalue weighted by atomic mass is 10.1. The van der Waals surface area contributed by atoms with E-state index in [9.17, 15) is 19.7 Å². The van der Waals surface area contributed by atoms with Crippen molar-refractivity contribution in [2.45, 2.75) is 13.5 Å². The van der Waals surface area contributed by atoms with Crippen molar-refractivity contribution in [3.05, 3.63) is 81.2 Å². The van der Waals surface area contributed by atoms with Gasteiger partial charge in [-0.25, -0.2) is 4.68 Å². The highest BCUT2D eigenvalue weighted by molar-refractivity contribution is 5.94. The van der Waals surface area contributed by atoms with Crippen molar-refractivity contribution in [3.8, 4) is 5.69 Å². The molecule has 0 unspecified atom stereocenters. The number of nitro benzene ring substituents is 1. The lowest BCUT2D eigenvalue weighted by molar-refractivity contribution is -0.384. The number of hydrogen-bond donors (Lipinski definition) is 1. The number of nitro groups is 1. The van der Waals surface area contributed by atoms with E-state index >= 15 is 0 Å². The van der Waals surface area contributed by atoms with Crippen LogP contribution in [0, 0.1) is 17.0 Å². The average Bonchev–Trinajstić information content (AvgIpc) is 3.13. The van der Waals surface area contributed by atoms with Gasteiger partial charge >= 0.3 is 0 Å². The monoisotopic (exact) mass is 408 g/mol. The summed E-state index contributed by atoms with van der Waals surface area (Å²) in [7, 11) is 3.36. The van der Waals surface area contributed by atoms with Gasteiger partial charge < -0.3 is 10.2 Å². The third kappa shape index (κ3) is 4.32. The highest BCUT2D eigenvalue weighted by Gasteiger charge is 2.18. The molecule has 1 heterocycles. The molecule has 2 amide bonds. The SMILES string of the molecule is Cc1c(C(=O)NCc2ccc(C(=O)N(C)C)cc2)nnn1-c1cccc([N+](=O)[O-])c1. The van der Waals surface area contributed by atoms with E-state index in [1.807, 2.05) is 0 Å². The zero-order chi connectivity index (χ0) is 21.8. The van der Waals surface area contributed by atoms with Crippen LogP contribution >= 0.6 is 0 Å². The van der Waals surface area contributed by atoms with Crippen molar-refractivity contribution in [1.82, 2.24) is 25.2 Å². The molecule has 0 aliphatic rings. The Morgan fingerprint density at radius 1 is 1.17 bits per heavy atom. The van der Waals surface area contributed by atoms with E-state index in [0.29, 0.717) is 16.9 Å². The average molecular weight is 408 g/mol. The Bertz CT molecular complexity index is 1100. The predicted octanol–water partition coefficient (Wildman–Crippen LogP) is 2.12. The summed E-state index contributed by atoms with van der Waals surface area (Å²) in [6.45, 7) is 1.91. The molecule has 30 heavy (non-hydrogen) atoms. The molecular weight excluding hydrogens is 388 g/mol. The minimum atomic E-state index is -0.499. The van der Waals surface area contributed by atoms with Gasteiger partial charge in [0, 0.05) is 38.3 Å². The van der Waals surface area contributed by atoms with Gasteiger partial charge in [0.2, 0.25) is 0 Å². The molecule has 0 saturated heterocycles. The van der Waals surface area contributed by atoms with Crippen molar-refractivity contribution < 1.29 is 14.5 Å². The Morgan fingerprint density at radius 3 is 2.50 bits per heavy atom. The third-order valence-electron chi connectivity index (χ3n) is 4.45. The maximum absolute atomic E-state index is 12.5. The van der Waals surface area contributed by atoms with Crippen LogP contribution in [0.5, 0.6) is 0 Å². The second-order valence-electron chi connectivity index (χ2n) is 6.79. The normalized spacial score (nSPS) is 10.5.